The molecule has 1 aliphatic rings. The normalized spacial score (nSPS) is 15.0. The second-order valence-corrected chi connectivity index (χ2v) is 13.0. The highest BCUT2D eigenvalue weighted by molar-refractivity contribution is 7.92. The summed E-state index contributed by atoms with van der Waals surface area (Å²) in [5.74, 6) is -0.888. The largest absolute Gasteiger partial charge is 0.475 e. The zero-order chi connectivity index (χ0) is 30.1. The Labute approximate surface area is 249 Å². The third-order valence-corrected chi connectivity index (χ3v) is 10.2. The number of nitrogens with zero attached hydrogens (tertiary/aromatic N) is 1. The fourth-order valence-electron chi connectivity index (χ4n) is 5.95. The number of sulfonamides is 1. The molecule has 0 saturated heterocycles. The van der Waals surface area contributed by atoms with Crippen LogP contribution in [0.3, 0.4) is 0 Å². The van der Waals surface area contributed by atoms with Crippen molar-refractivity contribution in [2.45, 2.75) is 63.8 Å². The number of rotatable bonds is 10. The van der Waals surface area contributed by atoms with Crippen LogP contribution in [-0.4, -0.2) is 31.9 Å². The van der Waals surface area contributed by atoms with Gasteiger partial charge in [-0.2, -0.15) is 0 Å². The second-order valence-electron chi connectivity index (χ2n) is 10.7. The van der Waals surface area contributed by atoms with E-state index in [9.17, 15) is 23.1 Å². The predicted molar refractivity (Wildman–Crippen MR) is 159 cm³/mol. The van der Waals surface area contributed by atoms with Gasteiger partial charge in [0.15, 0.2) is 0 Å². The van der Waals surface area contributed by atoms with Crippen molar-refractivity contribution in [1.82, 2.24) is 5.32 Å². The maximum Gasteiger partial charge on any atom is 0.372 e. The minimum absolute atomic E-state index is 0.00200. The molecule has 1 saturated carbocycles. The Balaban J connectivity index is 1.52. The molecule has 0 aliphatic heterocycles. The Morgan fingerprint density at radius 1 is 1.10 bits per heavy atom. The molecule has 0 spiro atoms. The van der Waals surface area contributed by atoms with Crippen LogP contribution in [0.25, 0.3) is 11.0 Å². The first kappa shape index (κ1) is 29.7. The first-order valence-corrected chi connectivity index (χ1v) is 15.8. The summed E-state index contributed by atoms with van der Waals surface area (Å²) in [6, 6.07) is 13.0. The average Bonchev–Trinajstić information content (AvgIpc) is 3.61. The molecular formula is C31H33ClN2O7S. The van der Waals surface area contributed by atoms with E-state index in [0.717, 1.165) is 19.3 Å². The van der Waals surface area contributed by atoms with Crippen LogP contribution in [0.4, 0.5) is 5.69 Å². The number of anilines is 1. The quantitative estimate of drug-likeness (QED) is 0.203. The molecule has 0 radical (unpaired) electrons. The van der Waals surface area contributed by atoms with E-state index in [1.54, 1.807) is 50.4 Å². The molecule has 2 aromatic heterocycles. The molecule has 2 aromatic carbocycles. The van der Waals surface area contributed by atoms with Crippen molar-refractivity contribution in [3.8, 4) is 0 Å². The van der Waals surface area contributed by atoms with Gasteiger partial charge in [0.2, 0.25) is 11.7 Å². The van der Waals surface area contributed by atoms with E-state index in [2.05, 4.69) is 5.32 Å². The molecule has 0 atom stereocenters. The Morgan fingerprint density at radius 3 is 2.52 bits per heavy atom. The number of carboxylic acid groups (broad SMARTS) is 1. The van der Waals surface area contributed by atoms with Crippen molar-refractivity contribution >= 4 is 50.2 Å². The van der Waals surface area contributed by atoms with Gasteiger partial charge >= 0.3 is 5.97 Å². The van der Waals surface area contributed by atoms with Gasteiger partial charge in [-0.05, 0) is 87.2 Å². The zero-order valence-electron chi connectivity index (χ0n) is 23.5. The van der Waals surface area contributed by atoms with E-state index in [1.807, 2.05) is 0 Å². The Bertz CT molecular complexity index is 1720. The maximum absolute atomic E-state index is 14.1. The first-order valence-electron chi connectivity index (χ1n) is 13.9. The van der Waals surface area contributed by atoms with Crippen molar-refractivity contribution in [3.05, 3.63) is 82.5 Å². The van der Waals surface area contributed by atoms with Crippen LogP contribution in [-0.2, 0) is 27.8 Å². The lowest BCUT2D eigenvalue weighted by Crippen LogP contribution is -2.44. The minimum atomic E-state index is -4.09. The number of benzene rings is 2. The monoisotopic (exact) mass is 612 g/mol. The number of aromatic carboxylic acids is 1. The molecule has 2 N–H and O–H groups in total. The number of carboxylic acids is 1. The molecule has 42 heavy (non-hydrogen) atoms. The average molecular weight is 613 g/mol. The highest BCUT2D eigenvalue weighted by atomic mass is 35.5. The molecule has 1 fully saturated rings. The number of hydrogen-bond donors (Lipinski definition) is 2. The third kappa shape index (κ3) is 5.65. The molecule has 9 nitrogen and oxygen atoms in total. The number of amides is 1. The number of carbonyl (C=O) groups is 2. The van der Waals surface area contributed by atoms with Crippen LogP contribution in [0, 0.1) is 12.3 Å². The van der Waals surface area contributed by atoms with Gasteiger partial charge in [0.1, 0.15) is 11.3 Å². The van der Waals surface area contributed by atoms with Gasteiger partial charge in [0.05, 0.1) is 28.8 Å². The van der Waals surface area contributed by atoms with Crippen molar-refractivity contribution < 1.29 is 31.9 Å². The van der Waals surface area contributed by atoms with E-state index < -0.39 is 21.4 Å². The lowest BCUT2D eigenvalue weighted by atomic mass is 9.69. The van der Waals surface area contributed by atoms with Gasteiger partial charge in [0.25, 0.3) is 10.0 Å². The fourth-order valence-corrected chi connectivity index (χ4v) is 7.68. The van der Waals surface area contributed by atoms with Crippen molar-refractivity contribution in [3.63, 3.8) is 0 Å². The summed E-state index contributed by atoms with van der Waals surface area (Å²) in [4.78, 5) is 25.3. The number of carbonyl (C=O) groups excluding carboxylic acids is 1. The van der Waals surface area contributed by atoms with Crippen LogP contribution in [0.5, 0.6) is 0 Å². The Morgan fingerprint density at radius 2 is 1.86 bits per heavy atom. The number of hydrogen-bond acceptors (Lipinski definition) is 6. The number of aryl methyl sites for hydroxylation is 1. The molecular weight excluding hydrogens is 580 g/mol. The lowest BCUT2D eigenvalue weighted by molar-refractivity contribution is -0.133. The highest BCUT2D eigenvalue weighted by Crippen LogP contribution is 2.43. The van der Waals surface area contributed by atoms with Crippen LogP contribution >= 0.6 is 11.6 Å². The molecule has 0 unspecified atom stereocenters. The van der Waals surface area contributed by atoms with Gasteiger partial charge in [-0.25, -0.2) is 13.2 Å². The Kier molecular flexibility index (Phi) is 8.39. The summed E-state index contributed by atoms with van der Waals surface area (Å²) >= 11 is 6.44. The summed E-state index contributed by atoms with van der Waals surface area (Å²) in [7, 11) is -4.09. The highest BCUT2D eigenvalue weighted by Gasteiger charge is 2.41. The topological polar surface area (TPSA) is 130 Å². The van der Waals surface area contributed by atoms with E-state index in [0.29, 0.717) is 57.8 Å². The lowest BCUT2D eigenvalue weighted by Gasteiger charge is -2.37. The molecule has 2 heterocycles. The molecule has 1 aliphatic carbocycles. The summed E-state index contributed by atoms with van der Waals surface area (Å²) in [5.41, 5.74) is 1.02. The molecule has 1 amide bonds. The Hall–Kier alpha value is -3.76. The first-order chi connectivity index (χ1) is 20.1. The smallest absolute Gasteiger partial charge is 0.372 e. The standard InChI is InChI=1S/C31H33ClN2O7S/c1-3-34(42(38,39)24-10-12-27-25(17-24)20(2)28(41-27)29(35)36)26-11-9-22(32)16-21(26)18-31(13-5-4-6-14-31)30(37)33-19-23-8-7-15-40-23/h7-12,15-17H,3-6,13-14,18-19H2,1-2H3,(H,33,37)(H,35,36). The van der Waals surface area contributed by atoms with Gasteiger partial charge < -0.3 is 19.3 Å². The summed E-state index contributed by atoms with van der Waals surface area (Å²) in [6.45, 7) is 3.72. The summed E-state index contributed by atoms with van der Waals surface area (Å²) in [6.07, 6.45) is 6.04. The van der Waals surface area contributed by atoms with Gasteiger partial charge in [-0.3, -0.25) is 9.10 Å². The molecule has 4 aromatic rings. The van der Waals surface area contributed by atoms with Crippen LogP contribution in [0.1, 0.15) is 66.5 Å². The SMILES string of the molecule is CCN(c1ccc(Cl)cc1CC1(C(=O)NCc2ccco2)CCCCC1)S(=O)(=O)c1ccc2oc(C(=O)O)c(C)c2c1. The number of nitrogens with one attached hydrogen (secondary N) is 1. The maximum atomic E-state index is 14.1. The van der Waals surface area contributed by atoms with Crippen LogP contribution in [0.15, 0.2) is 68.5 Å². The van der Waals surface area contributed by atoms with Crippen molar-refractivity contribution in [2.75, 3.05) is 10.8 Å². The third-order valence-electron chi connectivity index (χ3n) is 8.11. The number of halogens is 1. The minimum Gasteiger partial charge on any atom is -0.475 e. The zero-order valence-corrected chi connectivity index (χ0v) is 25.1. The molecule has 222 valence electrons. The van der Waals surface area contributed by atoms with Gasteiger partial charge in [-0.1, -0.05) is 30.9 Å². The van der Waals surface area contributed by atoms with Gasteiger partial charge in [0, 0.05) is 22.5 Å². The second kappa shape index (κ2) is 11.9. The number of furan rings is 2. The fraction of sp³-hybridized carbons (Fsp3) is 0.355. The summed E-state index contributed by atoms with van der Waals surface area (Å²) < 4.78 is 40.3. The van der Waals surface area contributed by atoms with E-state index in [4.69, 9.17) is 20.4 Å². The van der Waals surface area contributed by atoms with E-state index >= 15 is 0 Å². The molecule has 0 bridgehead atoms. The van der Waals surface area contributed by atoms with Crippen molar-refractivity contribution in [1.29, 1.82) is 0 Å². The number of fused-ring (bicyclic) bond motifs is 1. The van der Waals surface area contributed by atoms with E-state index in [-0.39, 0.29) is 29.7 Å². The predicted octanol–water partition coefficient (Wildman–Crippen LogP) is 6.71. The molecule has 11 heteroatoms. The van der Waals surface area contributed by atoms with E-state index in [1.165, 1.54) is 22.5 Å². The molecule has 5 rings (SSSR count). The van der Waals surface area contributed by atoms with Crippen LogP contribution in [0.2, 0.25) is 5.02 Å². The van der Waals surface area contributed by atoms with Crippen molar-refractivity contribution in [2.24, 2.45) is 5.41 Å². The summed E-state index contributed by atoms with van der Waals surface area (Å²) in [5, 5.41) is 13.3. The van der Waals surface area contributed by atoms with Gasteiger partial charge in [-0.15, -0.1) is 0 Å². The van der Waals surface area contributed by atoms with Crippen LogP contribution < -0.4 is 9.62 Å².